The number of nitrogens with one attached hydrogen (secondary N) is 3. The summed E-state index contributed by atoms with van der Waals surface area (Å²) in [6, 6.07) is 3.72. The Kier molecular flexibility index (Phi) is 8.23. The number of ether oxygens (including phenoxy) is 2. The van der Waals surface area contributed by atoms with Crippen LogP contribution in [0.1, 0.15) is 50.5 Å². The Morgan fingerprint density at radius 1 is 1.07 bits per heavy atom. The number of methoxy groups -OCH3 is 2. The summed E-state index contributed by atoms with van der Waals surface area (Å²) >= 11 is 0. The zero-order chi connectivity index (χ0) is 19.6. The van der Waals surface area contributed by atoms with Gasteiger partial charge < -0.3 is 25.4 Å². The summed E-state index contributed by atoms with van der Waals surface area (Å²) in [5.41, 5.74) is 1.59. The quantitative estimate of drug-likeness (QED) is 0.606. The molecule has 0 unspecified atom stereocenters. The first-order valence-electron chi connectivity index (χ1n) is 9.60. The normalized spacial score (nSPS) is 14.3. The van der Waals surface area contributed by atoms with Gasteiger partial charge >= 0.3 is 6.03 Å². The molecule has 0 aromatic heterocycles. The van der Waals surface area contributed by atoms with Crippen molar-refractivity contribution >= 4 is 17.6 Å². The second kappa shape index (κ2) is 10.6. The van der Waals surface area contributed by atoms with Crippen LogP contribution in [-0.2, 0) is 4.79 Å². The first-order valence-corrected chi connectivity index (χ1v) is 9.60. The topological polar surface area (TPSA) is 88.7 Å². The van der Waals surface area contributed by atoms with Crippen molar-refractivity contribution in [1.29, 1.82) is 0 Å². The molecule has 27 heavy (non-hydrogen) atoms. The molecule has 0 radical (unpaired) electrons. The molecule has 7 heteroatoms. The fourth-order valence-corrected chi connectivity index (χ4v) is 3.26. The van der Waals surface area contributed by atoms with Crippen LogP contribution in [-0.4, -0.2) is 38.7 Å². The van der Waals surface area contributed by atoms with Crippen molar-refractivity contribution in [2.24, 2.45) is 0 Å². The van der Waals surface area contributed by atoms with E-state index in [4.69, 9.17) is 9.47 Å². The monoisotopic (exact) mass is 377 g/mol. The van der Waals surface area contributed by atoms with Gasteiger partial charge in [0.2, 0.25) is 5.91 Å². The lowest BCUT2D eigenvalue weighted by atomic mass is 9.96. The number of amides is 3. The lowest BCUT2D eigenvalue weighted by Gasteiger charge is -2.22. The zero-order valence-electron chi connectivity index (χ0n) is 16.5. The van der Waals surface area contributed by atoms with Gasteiger partial charge in [-0.05, 0) is 37.8 Å². The van der Waals surface area contributed by atoms with Crippen LogP contribution >= 0.6 is 0 Å². The van der Waals surface area contributed by atoms with Crippen molar-refractivity contribution in [3.05, 3.63) is 17.7 Å². The number of hydrogen-bond donors (Lipinski definition) is 3. The minimum atomic E-state index is -0.141. The van der Waals surface area contributed by atoms with Gasteiger partial charge in [0.05, 0.1) is 14.2 Å². The van der Waals surface area contributed by atoms with Crippen molar-refractivity contribution < 1.29 is 19.1 Å². The van der Waals surface area contributed by atoms with E-state index >= 15 is 0 Å². The van der Waals surface area contributed by atoms with Gasteiger partial charge in [0.15, 0.2) is 11.5 Å². The van der Waals surface area contributed by atoms with Crippen LogP contribution in [0.25, 0.3) is 0 Å². The van der Waals surface area contributed by atoms with E-state index in [0.717, 1.165) is 18.4 Å². The van der Waals surface area contributed by atoms with Gasteiger partial charge in [0.25, 0.3) is 0 Å². The lowest BCUT2D eigenvalue weighted by molar-refractivity contribution is -0.116. The van der Waals surface area contributed by atoms with Gasteiger partial charge in [-0.25, -0.2) is 4.79 Å². The molecule has 0 spiro atoms. The van der Waals surface area contributed by atoms with Crippen molar-refractivity contribution in [2.45, 2.75) is 57.9 Å². The summed E-state index contributed by atoms with van der Waals surface area (Å²) in [6.07, 6.45) is 6.64. The third kappa shape index (κ3) is 6.66. The molecule has 7 nitrogen and oxygen atoms in total. The number of rotatable bonds is 8. The average Bonchev–Trinajstić information content (AvgIpc) is 2.67. The molecular formula is C20H31N3O4. The third-order valence-electron chi connectivity index (χ3n) is 4.81. The fourth-order valence-electron chi connectivity index (χ4n) is 3.26. The van der Waals surface area contributed by atoms with E-state index in [1.807, 2.05) is 13.0 Å². The molecule has 1 fully saturated rings. The molecule has 150 valence electrons. The number of aryl methyl sites for hydroxylation is 1. The Balaban J connectivity index is 1.71. The first kappa shape index (κ1) is 20.9. The molecule has 1 aromatic rings. The van der Waals surface area contributed by atoms with Crippen LogP contribution in [0, 0.1) is 6.92 Å². The fraction of sp³-hybridized carbons (Fsp3) is 0.600. The first-order chi connectivity index (χ1) is 13.0. The lowest BCUT2D eigenvalue weighted by Crippen LogP contribution is -2.43. The van der Waals surface area contributed by atoms with Crippen LogP contribution in [0.5, 0.6) is 11.5 Å². The highest BCUT2D eigenvalue weighted by Gasteiger charge is 2.15. The van der Waals surface area contributed by atoms with Crippen LogP contribution in [0.2, 0.25) is 0 Å². The van der Waals surface area contributed by atoms with E-state index in [-0.39, 0.29) is 18.0 Å². The summed E-state index contributed by atoms with van der Waals surface area (Å²) in [7, 11) is 3.13. The highest BCUT2D eigenvalue weighted by Crippen LogP contribution is 2.32. The van der Waals surface area contributed by atoms with Gasteiger partial charge in [-0.2, -0.15) is 0 Å². The van der Waals surface area contributed by atoms with Crippen molar-refractivity contribution in [3.8, 4) is 11.5 Å². The highest BCUT2D eigenvalue weighted by atomic mass is 16.5. The third-order valence-corrected chi connectivity index (χ3v) is 4.81. The summed E-state index contributed by atoms with van der Waals surface area (Å²) in [4.78, 5) is 24.0. The van der Waals surface area contributed by atoms with E-state index in [1.54, 1.807) is 20.3 Å². The van der Waals surface area contributed by atoms with Crippen molar-refractivity contribution in [3.63, 3.8) is 0 Å². The Morgan fingerprint density at radius 3 is 2.41 bits per heavy atom. The van der Waals surface area contributed by atoms with Gasteiger partial charge in [-0.3, -0.25) is 4.79 Å². The minimum Gasteiger partial charge on any atom is -0.493 e. The van der Waals surface area contributed by atoms with Crippen molar-refractivity contribution in [1.82, 2.24) is 10.6 Å². The van der Waals surface area contributed by atoms with E-state index in [0.29, 0.717) is 36.6 Å². The Labute approximate surface area is 161 Å². The Bertz CT molecular complexity index is 642. The maximum absolute atomic E-state index is 12.2. The number of urea groups is 1. The largest absolute Gasteiger partial charge is 0.493 e. The van der Waals surface area contributed by atoms with Gasteiger partial charge in [0, 0.05) is 30.8 Å². The number of benzene rings is 1. The molecule has 1 aliphatic rings. The summed E-state index contributed by atoms with van der Waals surface area (Å²) in [5, 5.41) is 8.72. The standard InChI is InChI=1S/C20H31N3O4/c1-14-12-17(26-2)18(27-3)13-16(14)23-19(24)10-7-11-21-20(25)22-15-8-5-4-6-9-15/h12-13,15H,4-11H2,1-3H3,(H,23,24)(H2,21,22,25). The molecule has 1 aliphatic carbocycles. The molecular weight excluding hydrogens is 346 g/mol. The van der Waals surface area contributed by atoms with Gasteiger partial charge in [-0.15, -0.1) is 0 Å². The smallest absolute Gasteiger partial charge is 0.315 e. The second-order valence-electron chi connectivity index (χ2n) is 6.91. The Hall–Kier alpha value is -2.44. The van der Waals surface area contributed by atoms with E-state index in [2.05, 4.69) is 16.0 Å². The molecule has 0 atom stereocenters. The predicted octanol–water partition coefficient (Wildman–Crippen LogP) is 3.36. The molecule has 0 saturated heterocycles. The summed E-state index contributed by atoms with van der Waals surface area (Å²) in [6.45, 7) is 2.37. The van der Waals surface area contributed by atoms with Crippen LogP contribution in [0.3, 0.4) is 0 Å². The maximum Gasteiger partial charge on any atom is 0.315 e. The summed E-state index contributed by atoms with van der Waals surface area (Å²) < 4.78 is 10.5. The molecule has 1 saturated carbocycles. The molecule has 0 aliphatic heterocycles. The van der Waals surface area contributed by atoms with E-state index in [1.165, 1.54) is 19.3 Å². The zero-order valence-corrected chi connectivity index (χ0v) is 16.5. The Morgan fingerprint density at radius 2 is 1.74 bits per heavy atom. The number of carbonyl (C=O) groups excluding carboxylic acids is 2. The molecule has 0 bridgehead atoms. The molecule has 2 rings (SSSR count). The number of carbonyl (C=O) groups is 2. The SMILES string of the molecule is COc1cc(C)c(NC(=O)CCCNC(=O)NC2CCCCC2)cc1OC. The summed E-state index contributed by atoms with van der Waals surface area (Å²) in [5.74, 6) is 1.10. The molecule has 0 heterocycles. The van der Waals surface area contributed by atoms with Crippen LogP contribution < -0.4 is 25.4 Å². The van der Waals surface area contributed by atoms with Gasteiger partial charge in [-0.1, -0.05) is 19.3 Å². The predicted molar refractivity (Wildman–Crippen MR) is 106 cm³/mol. The molecule has 1 aromatic carbocycles. The van der Waals surface area contributed by atoms with Crippen molar-refractivity contribution in [2.75, 3.05) is 26.1 Å². The molecule has 3 N–H and O–H groups in total. The van der Waals surface area contributed by atoms with Crippen LogP contribution in [0.4, 0.5) is 10.5 Å². The van der Waals surface area contributed by atoms with Gasteiger partial charge in [0.1, 0.15) is 0 Å². The average molecular weight is 377 g/mol. The minimum absolute atomic E-state index is 0.0974. The molecule has 3 amide bonds. The highest BCUT2D eigenvalue weighted by molar-refractivity contribution is 5.92. The van der Waals surface area contributed by atoms with E-state index < -0.39 is 0 Å². The van der Waals surface area contributed by atoms with Crippen LogP contribution in [0.15, 0.2) is 12.1 Å². The maximum atomic E-state index is 12.2. The second-order valence-corrected chi connectivity index (χ2v) is 6.91. The number of hydrogen-bond acceptors (Lipinski definition) is 4. The van der Waals surface area contributed by atoms with E-state index in [9.17, 15) is 9.59 Å². The number of anilines is 1.